The van der Waals surface area contributed by atoms with E-state index >= 15 is 0 Å². The molecule has 1 nitrogen and oxygen atoms in total. The van der Waals surface area contributed by atoms with Gasteiger partial charge in [-0.15, -0.1) is 0 Å². The average molecular weight is 403 g/mol. The molecule has 0 amide bonds. The summed E-state index contributed by atoms with van der Waals surface area (Å²) in [4.78, 5) is 0. The van der Waals surface area contributed by atoms with Crippen LogP contribution in [0.2, 0.25) is 0 Å². The standard InChI is InChI=1S/C11H19O.ClH.Hg/c1-10(2)6-3-4-7-11-8-5-9-12-11;;/h6-7,11H,3-5,8-9H2,1-2H3;1H;/q;;+1/p-1/t11-;;/m1../s1. The van der Waals surface area contributed by atoms with Crippen molar-refractivity contribution in [1.29, 1.82) is 0 Å². The summed E-state index contributed by atoms with van der Waals surface area (Å²) in [6.45, 7) is 5.25. The Labute approximate surface area is 115 Å². The van der Waals surface area contributed by atoms with Gasteiger partial charge in [-0.3, -0.25) is 0 Å². The predicted octanol–water partition coefficient (Wildman–Crippen LogP) is 0.118. The molecule has 1 heterocycles. The molecule has 1 aliphatic heterocycles. The average Bonchev–Trinajstić information content (AvgIpc) is 2.49. The second-order valence-electron chi connectivity index (χ2n) is 3.65. The van der Waals surface area contributed by atoms with Crippen molar-refractivity contribution in [2.75, 3.05) is 6.61 Å². The molecule has 0 bridgehead atoms. The Morgan fingerprint density at radius 1 is 1.36 bits per heavy atom. The van der Waals surface area contributed by atoms with Crippen LogP contribution >= 0.6 is 0 Å². The first kappa shape index (κ1) is 17.3. The molecule has 1 fully saturated rings. The molecule has 0 unspecified atom stereocenters. The van der Waals surface area contributed by atoms with E-state index in [2.05, 4.69) is 26.3 Å². The zero-order chi connectivity index (χ0) is 8.81. The van der Waals surface area contributed by atoms with E-state index in [0.29, 0.717) is 6.10 Å². The van der Waals surface area contributed by atoms with Gasteiger partial charge in [0.25, 0.3) is 0 Å². The summed E-state index contributed by atoms with van der Waals surface area (Å²) < 4.78 is 5.48. The van der Waals surface area contributed by atoms with Crippen molar-refractivity contribution in [2.24, 2.45) is 0 Å². The molecule has 0 aromatic heterocycles. The third kappa shape index (κ3) is 8.25. The molecular weight excluding hydrogens is 384 g/mol. The largest absolute Gasteiger partial charge is 1.00 e. The second kappa shape index (κ2) is 10.4. The van der Waals surface area contributed by atoms with Crippen LogP contribution in [-0.2, 0) is 32.4 Å². The van der Waals surface area contributed by atoms with E-state index in [-0.39, 0.29) is 40.1 Å². The molecule has 1 atom stereocenters. The van der Waals surface area contributed by atoms with E-state index < -0.39 is 0 Å². The first-order valence-corrected chi connectivity index (χ1v) is 4.87. The first-order chi connectivity index (χ1) is 5.79. The first-order valence-electron chi connectivity index (χ1n) is 4.87. The predicted molar refractivity (Wildman–Crippen MR) is 51.9 cm³/mol. The van der Waals surface area contributed by atoms with Crippen molar-refractivity contribution in [3.8, 4) is 0 Å². The Hall–Kier alpha value is 0.925. The third-order valence-electron chi connectivity index (χ3n) is 2.11. The van der Waals surface area contributed by atoms with Gasteiger partial charge >= 0.3 is 27.7 Å². The molecule has 0 spiro atoms. The van der Waals surface area contributed by atoms with Gasteiger partial charge in [0.15, 0.2) is 0 Å². The number of halogens is 1. The van der Waals surface area contributed by atoms with Gasteiger partial charge in [0.05, 0.1) is 6.10 Å². The quantitative estimate of drug-likeness (QED) is 0.368. The normalized spacial score (nSPS) is 19.4. The minimum absolute atomic E-state index is 0. The Bertz CT molecular complexity index is 149. The summed E-state index contributed by atoms with van der Waals surface area (Å²) in [7, 11) is 0. The molecule has 0 saturated carbocycles. The molecule has 14 heavy (non-hydrogen) atoms. The molecule has 2 radical (unpaired) electrons. The van der Waals surface area contributed by atoms with Crippen LogP contribution in [0.15, 0.2) is 11.6 Å². The number of ether oxygens (including phenoxy) is 1. The van der Waals surface area contributed by atoms with Crippen molar-refractivity contribution in [2.45, 2.75) is 45.6 Å². The van der Waals surface area contributed by atoms with Crippen LogP contribution in [0.25, 0.3) is 0 Å². The van der Waals surface area contributed by atoms with Gasteiger partial charge in [-0.25, -0.2) is 0 Å². The fourth-order valence-corrected chi connectivity index (χ4v) is 1.44. The number of unbranched alkanes of at least 4 members (excludes halogenated alkanes) is 1. The summed E-state index contributed by atoms with van der Waals surface area (Å²) in [6, 6.07) is 0. The molecule has 0 aromatic carbocycles. The molecule has 0 aromatic rings. The fraction of sp³-hybridized carbons (Fsp3) is 0.727. The van der Waals surface area contributed by atoms with E-state index in [9.17, 15) is 0 Å². The molecule has 78 valence electrons. The summed E-state index contributed by atoms with van der Waals surface area (Å²) in [6.07, 6.45) is 9.85. The van der Waals surface area contributed by atoms with Crippen LogP contribution in [0.4, 0.5) is 0 Å². The molecule has 3 heteroatoms. The molecule has 0 aliphatic carbocycles. The van der Waals surface area contributed by atoms with Crippen molar-refractivity contribution >= 4 is 0 Å². The minimum Gasteiger partial charge on any atom is -1.00 e. The third-order valence-corrected chi connectivity index (χ3v) is 2.11. The van der Waals surface area contributed by atoms with Crippen LogP contribution in [-0.4, -0.2) is 12.7 Å². The van der Waals surface area contributed by atoms with Gasteiger partial charge < -0.3 is 17.1 Å². The maximum absolute atomic E-state index is 5.48. The van der Waals surface area contributed by atoms with Crippen LogP contribution in [0.3, 0.4) is 0 Å². The smallest absolute Gasteiger partial charge is 1.00 e. The van der Waals surface area contributed by atoms with Crippen molar-refractivity contribution in [1.82, 2.24) is 0 Å². The van der Waals surface area contributed by atoms with Crippen molar-refractivity contribution in [3.63, 3.8) is 0 Å². The van der Waals surface area contributed by atoms with Gasteiger partial charge in [0.2, 0.25) is 0 Å². The maximum Gasteiger partial charge on any atom is 1.00 e. The summed E-state index contributed by atoms with van der Waals surface area (Å²) in [5.41, 5.74) is 1.41. The number of hydrogen-bond donors (Lipinski definition) is 0. The number of hydrogen-bond acceptors (Lipinski definition) is 1. The molecule has 0 N–H and O–H groups in total. The van der Waals surface area contributed by atoms with Gasteiger partial charge in [-0.2, -0.15) is 0 Å². The van der Waals surface area contributed by atoms with Gasteiger partial charge in [0.1, 0.15) is 0 Å². The van der Waals surface area contributed by atoms with Crippen LogP contribution in [0, 0.1) is 6.42 Å². The Kier molecular flexibility index (Phi) is 12.9. The molecule has 1 rings (SSSR count). The van der Waals surface area contributed by atoms with Gasteiger partial charge in [-0.1, -0.05) is 11.6 Å². The topological polar surface area (TPSA) is 9.23 Å². The zero-order valence-corrected chi connectivity index (χ0v) is 15.5. The van der Waals surface area contributed by atoms with Gasteiger partial charge in [0, 0.05) is 6.61 Å². The fourth-order valence-electron chi connectivity index (χ4n) is 1.44. The number of rotatable bonds is 4. The monoisotopic (exact) mass is 404 g/mol. The summed E-state index contributed by atoms with van der Waals surface area (Å²) in [5, 5.41) is 0. The Morgan fingerprint density at radius 3 is 2.57 bits per heavy atom. The van der Waals surface area contributed by atoms with E-state index in [1.165, 1.54) is 24.8 Å². The number of allylic oxidation sites excluding steroid dienone is 2. The second-order valence-corrected chi connectivity index (χ2v) is 3.65. The van der Waals surface area contributed by atoms with E-state index in [1.54, 1.807) is 0 Å². The Morgan fingerprint density at radius 2 is 2.07 bits per heavy atom. The van der Waals surface area contributed by atoms with E-state index in [0.717, 1.165) is 13.0 Å². The van der Waals surface area contributed by atoms with Crippen molar-refractivity contribution < 1.29 is 44.8 Å². The van der Waals surface area contributed by atoms with Crippen LogP contribution in [0.5, 0.6) is 0 Å². The molecule has 1 aliphatic rings. The minimum atomic E-state index is 0. The maximum atomic E-state index is 5.48. The van der Waals surface area contributed by atoms with Gasteiger partial charge in [-0.05, 0) is 46.0 Å². The van der Waals surface area contributed by atoms with E-state index in [4.69, 9.17) is 4.74 Å². The molecule has 1 saturated heterocycles. The Balaban J connectivity index is 0. The summed E-state index contributed by atoms with van der Waals surface area (Å²) in [5.74, 6) is 0. The van der Waals surface area contributed by atoms with Crippen molar-refractivity contribution in [3.05, 3.63) is 18.1 Å². The van der Waals surface area contributed by atoms with E-state index in [1.807, 2.05) is 0 Å². The SMILES string of the molecule is CC(C)=CCC[CH][C@@H]1CCCO1.[Cl-].[Hg+]. The van der Waals surface area contributed by atoms with Crippen LogP contribution in [0.1, 0.15) is 39.5 Å². The zero-order valence-electron chi connectivity index (χ0n) is 9.26. The summed E-state index contributed by atoms with van der Waals surface area (Å²) >= 11 is 0. The van der Waals surface area contributed by atoms with Crippen LogP contribution < -0.4 is 12.4 Å². The molecular formula is C11H19ClHgO.